The van der Waals surface area contributed by atoms with Crippen molar-refractivity contribution in [2.24, 2.45) is 17.1 Å². The van der Waals surface area contributed by atoms with Gasteiger partial charge < -0.3 is 21.3 Å². The van der Waals surface area contributed by atoms with Gasteiger partial charge in [-0.25, -0.2) is 0 Å². The molecule has 11 nitrogen and oxygen atoms in total. The third-order valence-electron chi connectivity index (χ3n) is 11.4. The number of nitrogens with one attached hydrogen (secondary N) is 3. The number of aromatic nitrogens is 4. The average Bonchev–Trinajstić information content (AvgIpc) is 3.59. The van der Waals surface area contributed by atoms with Crippen molar-refractivity contribution in [3.8, 4) is 6.07 Å². The molecule has 1 aliphatic heterocycles. The fourth-order valence-corrected chi connectivity index (χ4v) is 9.20. The summed E-state index contributed by atoms with van der Waals surface area (Å²) in [5, 5.41) is 32.7. The first-order chi connectivity index (χ1) is 21.8. The molecule has 4 aliphatic carbocycles. The molecule has 11 heteroatoms. The Bertz CT molecular complexity index is 1670. The van der Waals surface area contributed by atoms with E-state index < -0.39 is 5.41 Å². The first kappa shape index (κ1) is 30.6. The number of primary amides is 1. The van der Waals surface area contributed by atoms with Gasteiger partial charge in [0.2, 0.25) is 5.91 Å². The molecule has 2 aromatic rings. The number of rotatable bonds is 9. The molecule has 2 amide bonds. The van der Waals surface area contributed by atoms with Gasteiger partial charge in [0.1, 0.15) is 6.04 Å². The summed E-state index contributed by atoms with van der Waals surface area (Å²) in [6.07, 6.45) is 7.43. The fraction of sp³-hybridized carbons (Fsp3) is 0.600. The molecule has 7 rings (SSSR count). The number of hydrogen-bond donors (Lipinski definition) is 4. The number of allylic oxidation sites excluding steroid dienone is 2. The van der Waals surface area contributed by atoms with Gasteiger partial charge >= 0.3 is 0 Å². The third kappa shape index (κ3) is 4.75. The lowest BCUT2D eigenvalue weighted by Crippen LogP contribution is -2.45. The number of nitrogens with two attached hydrogens (primary N) is 1. The summed E-state index contributed by atoms with van der Waals surface area (Å²) >= 11 is 0. The number of fused-ring (bicyclic) bond motifs is 1. The van der Waals surface area contributed by atoms with E-state index in [4.69, 9.17) is 5.73 Å². The number of carbonyl (C=O) groups excluding carboxylic acids is 2. The standard InChI is InChI=1S/C35H45N9O2/c1-20(38-17-21(2)44-26(16-36)15-33-18-34(33,44)19-33)14-35(31-40-42-43-41-31)27-10-8-24(29(37)45)12-22(27)6-7-23-13-25(9-11-28(23)35)30(46)39-32(3,4)5/h9,11,13,20,24,26,38H,2,6-8,10,12,14-15,17-19H2,1,3-5H3,(H2,37,45)(H,39,46)(H,40,41,42,43)/t20-,24?,26?,33?,34?,35?/m0/s1. The number of nitrogens with zero attached hydrogens (tertiary/aromatic N) is 5. The van der Waals surface area contributed by atoms with Gasteiger partial charge in [-0.1, -0.05) is 29.0 Å². The summed E-state index contributed by atoms with van der Waals surface area (Å²) in [6.45, 7) is 13.1. The van der Waals surface area contributed by atoms with E-state index in [0.29, 0.717) is 49.0 Å². The van der Waals surface area contributed by atoms with Gasteiger partial charge in [0, 0.05) is 46.3 Å². The van der Waals surface area contributed by atoms with Gasteiger partial charge in [0.05, 0.1) is 11.5 Å². The molecule has 0 radical (unpaired) electrons. The summed E-state index contributed by atoms with van der Waals surface area (Å²) in [5.74, 6) is 0.00120. The highest BCUT2D eigenvalue weighted by atomic mass is 16.2. The van der Waals surface area contributed by atoms with Gasteiger partial charge in [0.15, 0.2) is 5.82 Å². The summed E-state index contributed by atoms with van der Waals surface area (Å²) in [6, 6.07) is 8.41. The molecule has 1 saturated heterocycles. The lowest BCUT2D eigenvalue weighted by Gasteiger charge is -2.41. The van der Waals surface area contributed by atoms with Crippen LogP contribution in [0.5, 0.6) is 0 Å². The van der Waals surface area contributed by atoms with Crippen molar-refractivity contribution >= 4 is 11.8 Å². The zero-order chi connectivity index (χ0) is 32.6. The lowest BCUT2D eigenvalue weighted by molar-refractivity contribution is -0.122. The number of likely N-dealkylation sites (tertiary alicyclic amines) is 1. The van der Waals surface area contributed by atoms with Gasteiger partial charge in [0.25, 0.3) is 5.91 Å². The molecule has 0 bridgehead atoms. The van der Waals surface area contributed by atoms with Crippen LogP contribution in [0.3, 0.4) is 0 Å². The maximum absolute atomic E-state index is 13.3. The molecule has 3 fully saturated rings. The monoisotopic (exact) mass is 623 g/mol. The van der Waals surface area contributed by atoms with E-state index in [1.807, 2.05) is 32.9 Å². The Hall–Kier alpha value is -4.04. The van der Waals surface area contributed by atoms with Crippen molar-refractivity contribution in [2.45, 2.75) is 114 Å². The van der Waals surface area contributed by atoms with Crippen LogP contribution in [-0.4, -0.2) is 67.0 Å². The summed E-state index contributed by atoms with van der Waals surface area (Å²) in [5.41, 5.74) is 11.5. The minimum absolute atomic E-state index is 0.00326. The van der Waals surface area contributed by atoms with Gasteiger partial charge in [-0.3, -0.25) is 9.59 Å². The third-order valence-corrected chi connectivity index (χ3v) is 11.4. The van der Waals surface area contributed by atoms with Crippen LogP contribution < -0.4 is 16.4 Å². The SMILES string of the molecule is C=C(CN[C@@H](C)CC1(c2nn[nH]n2)C2=C(CCc3cc(C(=O)NC(C)(C)C)ccc31)CC(C(N)=O)CC2)N1C(C#N)CC23CC12C3. The number of aromatic amines is 1. The molecular weight excluding hydrogens is 578 g/mol. The number of piperidine rings is 2. The maximum Gasteiger partial charge on any atom is 0.251 e. The average molecular weight is 624 g/mol. The van der Waals surface area contributed by atoms with Crippen LogP contribution in [0.15, 0.2) is 41.6 Å². The first-order valence-electron chi connectivity index (χ1n) is 16.6. The van der Waals surface area contributed by atoms with Crippen molar-refractivity contribution < 1.29 is 9.59 Å². The van der Waals surface area contributed by atoms with Crippen molar-refractivity contribution in [2.75, 3.05) is 6.54 Å². The highest BCUT2D eigenvalue weighted by molar-refractivity contribution is 5.95. The van der Waals surface area contributed by atoms with Crippen molar-refractivity contribution in [1.29, 1.82) is 5.26 Å². The second-order valence-corrected chi connectivity index (χ2v) is 15.6. The quantitative estimate of drug-likeness (QED) is 0.308. The Kier molecular flexibility index (Phi) is 6.98. The molecule has 3 unspecified atom stereocenters. The molecule has 1 aromatic heterocycles. The van der Waals surface area contributed by atoms with Crippen molar-refractivity contribution in [1.82, 2.24) is 36.2 Å². The fourth-order valence-electron chi connectivity index (χ4n) is 9.20. The van der Waals surface area contributed by atoms with Gasteiger partial charge in [-0.15, -0.1) is 10.2 Å². The topological polar surface area (TPSA) is 166 Å². The van der Waals surface area contributed by atoms with E-state index in [9.17, 15) is 14.9 Å². The van der Waals surface area contributed by atoms with E-state index in [2.05, 4.69) is 61.8 Å². The molecule has 2 heterocycles. The highest BCUT2D eigenvalue weighted by Gasteiger charge is 2.90. The normalized spacial score (nSPS) is 31.4. The first-order valence-corrected chi connectivity index (χ1v) is 16.6. The molecule has 2 saturated carbocycles. The van der Waals surface area contributed by atoms with Crippen LogP contribution in [0.2, 0.25) is 0 Å². The molecule has 46 heavy (non-hydrogen) atoms. The van der Waals surface area contributed by atoms with Crippen molar-refractivity contribution in [3.05, 3.63) is 64.1 Å². The van der Waals surface area contributed by atoms with E-state index >= 15 is 0 Å². The molecule has 242 valence electrons. The molecule has 4 atom stereocenters. The lowest BCUT2D eigenvalue weighted by atomic mass is 9.63. The van der Waals surface area contributed by atoms with Crippen LogP contribution in [0, 0.1) is 22.7 Å². The summed E-state index contributed by atoms with van der Waals surface area (Å²) in [7, 11) is 0. The largest absolute Gasteiger partial charge is 0.369 e. The second-order valence-electron chi connectivity index (χ2n) is 15.6. The smallest absolute Gasteiger partial charge is 0.251 e. The Morgan fingerprint density at radius 3 is 2.72 bits per heavy atom. The van der Waals surface area contributed by atoms with Crippen LogP contribution >= 0.6 is 0 Å². The Balaban J connectivity index is 1.24. The molecule has 5 N–H and O–H groups in total. The number of nitriles is 1. The Morgan fingerprint density at radius 1 is 1.26 bits per heavy atom. The minimum atomic E-state index is -0.729. The molecule has 5 aliphatic rings. The zero-order valence-electron chi connectivity index (χ0n) is 27.4. The van der Waals surface area contributed by atoms with E-state index in [-0.39, 0.29) is 40.9 Å². The molecule has 1 aromatic carbocycles. The predicted octanol–water partition coefficient (Wildman–Crippen LogP) is 3.55. The number of hydrogen-bond acceptors (Lipinski definition) is 8. The number of tetrazole rings is 1. The Labute approximate surface area is 270 Å². The number of amides is 2. The molecule has 0 spiro atoms. The van der Waals surface area contributed by atoms with Crippen LogP contribution in [0.1, 0.15) is 106 Å². The number of benzene rings is 1. The zero-order valence-corrected chi connectivity index (χ0v) is 27.4. The predicted molar refractivity (Wildman–Crippen MR) is 172 cm³/mol. The second kappa shape index (κ2) is 10.5. The van der Waals surface area contributed by atoms with Crippen LogP contribution in [-0.2, 0) is 16.6 Å². The summed E-state index contributed by atoms with van der Waals surface area (Å²) < 4.78 is 0. The van der Waals surface area contributed by atoms with E-state index in [0.717, 1.165) is 36.1 Å². The van der Waals surface area contributed by atoms with Crippen LogP contribution in [0.4, 0.5) is 0 Å². The number of carbonyl (C=O) groups is 2. The van der Waals surface area contributed by atoms with E-state index in [1.165, 1.54) is 24.0 Å². The minimum Gasteiger partial charge on any atom is -0.369 e. The van der Waals surface area contributed by atoms with E-state index in [1.54, 1.807) is 0 Å². The molecular formula is C35H45N9O2. The Morgan fingerprint density at radius 2 is 2.04 bits per heavy atom. The number of aryl methyl sites for hydroxylation is 1. The van der Waals surface area contributed by atoms with Crippen molar-refractivity contribution in [3.63, 3.8) is 0 Å². The van der Waals surface area contributed by atoms with Gasteiger partial charge in [-0.2, -0.15) is 10.5 Å². The summed E-state index contributed by atoms with van der Waals surface area (Å²) in [4.78, 5) is 27.9. The maximum atomic E-state index is 13.3. The number of H-pyrrole nitrogens is 1. The highest BCUT2D eigenvalue weighted by Crippen LogP contribution is 2.87. The van der Waals surface area contributed by atoms with Crippen LogP contribution in [0.25, 0.3) is 0 Å². The van der Waals surface area contributed by atoms with Gasteiger partial charge in [-0.05, 0) is 109 Å².